The average Bonchev–Trinajstić information content (AvgIpc) is 3.14. The van der Waals surface area contributed by atoms with Crippen LogP contribution < -0.4 is 10.6 Å². The third-order valence-corrected chi connectivity index (χ3v) is 5.41. The second kappa shape index (κ2) is 8.26. The molecular weight excluding hydrogens is 415 g/mol. The largest absolute Gasteiger partial charge is 0.353 e. The van der Waals surface area contributed by atoms with E-state index in [9.17, 15) is 0 Å². The summed E-state index contributed by atoms with van der Waals surface area (Å²) in [4.78, 5) is 17.0. The first-order valence-corrected chi connectivity index (χ1v) is 10.2. The number of nitrogens with one attached hydrogen (secondary N) is 2. The third kappa shape index (κ3) is 4.49. The van der Waals surface area contributed by atoms with Crippen molar-refractivity contribution in [1.29, 1.82) is 0 Å². The topological polar surface area (TPSA) is 75.6 Å². The van der Waals surface area contributed by atoms with Crippen LogP contribution in [0.3, 0.4) is 0 Å². The van der Waals surface area contributed by atoms with E-state index in [1.54, 1.807) is 11.3 Å². The molecule has 9 heteroatoms. The van der Waals surface area contributed by atoms with Crippen molar-refractivity contribution in [1.82, 2.24) is 19.9 Å². The fraction of sp³-hybridized carbons (Fsp3) is 0.158. The number of benzene rings is 2. The van der Waals surface area contributed by atoms with E-state index in [2.05, 4.69) is 37.5 Å². The molecule has 4 rings (SSSR count). The van der Waals surface area contributed by atoms with Crippen LogP contribution in [-0.2, 0) is 0 Å². The van der Waals surface area contributed by atoms with Crippen molar-refractivity contribution >= 4 is 62.3 Å². The first-order chi connectivity index (χ1) is 13.6. The van der Waals surface area contributed by atoms with Gasteiger partial charge in [-0.25, -0.2) is 4.98 Å². The van der Waals surface area contributed by atoms with Gasteiger partial charge in [-0.1, -0.05) is 30.7 Å². The number of aromatic nitrogens is 4. The lowest BCUT2D eigenvalue weighted by Gasteiger charge is -2.14. The molecule has 2 aromatic heterocycles. The molecule has 2 aromatic carbocycles. The third-order valence-electron chi connectivity index (χ3n) is 4.20. The highest BCUT2D eigenvalue weighted by atomic mass is 35.5. The summed E-state index contributed by atoms with van der Waals surface area (Å²) in [6, 6.07) is 13.7. The Bertz CT molecular complexity index is 1100. The molecule has 1 atom stereocenters. The Balaban J connectivity index is 1.46. The van der Waals surface area contributed by atoms with Gasteiger partial charge in [-0.2, -0.15) is 15.0 Å². The van der Waals surface area contributed by atoms with E-state index in [4.69, 9.17) is 23.2 Å². The van der Waals surface area contributed by atoms with Gasteiger partial charge < -0.3 is 10.6 Å². The van der Waals surface area contributed by atoms with Gasteiger partial charge in [0.25, 0.3) is 0 Å². The number of rotatable bonds is 6. The van der Waals surface area contributed by atoms with E-state index in [-0.39, 0.29) is 11.2 Å². The summed E-state index contributed by atoms with van der Waals surface area (Å²) in [5.74, 6) is 1.05. The molecule has 142 valence electrons. The van der Waals surface area contributed by atoms with E-state index >= 15 is 0 Å². The average molecular weight is 431 g/mol. The molecule has 28 heavy (non-hydrogen) atoms. The summed E-state index contributed by atoms with van der Waals surface area (Å²) in [6.07, 6.45) is 0. The Labute approximate surface area is 176 Å². The SMILES string of the molecule is CC(CNc1nc(Cl)nc(Nc2ccc3ncsc3c2)n1)c1ccc(Cl)cc1. The summed E-state index contributed by atoms with van der Waals surface area (Å²) in [7, 11) is 0. The van der Waals surface area contributed by atoms with Gasteiger partial charge >= 0.3 is 0 Å². The van der Waals surface area contributed by atoms with Crippen molar-refractivity contribution in [2.75, 3.05) is 17.2 Å². The predicted octanol–water partition coefficient (Wildman–Crippen LogP) is 5.75. The second-order valence-electron chi connectivity index (χ2n) is 6.25. The van der Waals surface area contributed by atoms with Gasteiger partial charge in [-0.05, 0) is 53.4 Å². The van der Waals surface area contributed by atoms with Crippen molar-refractivity contribution in [3.05, 3.63) is 63.8 Å². The highest BCUT2D eigenvalue weighted by Crippen LogP contribution is 2.24. The fourth-order valence-corrected chi connectivity index (χ4v) is 3.70. The first-order valence-electron chi connectivity index (χ1n) is 8.58. The van der Waals surface area contributed by atoms with Gasteiger partial charge in [0.15, 0.2) is 0 Å². The van der Waals surface area contributed by atoms with Gasteiger partial charge in [0.05, 0.1) is 15.7 Å². The van der Waals surface area contributed by atoms with Gasteiger partial charge in [0.1, 0.15) is 0 Å². The second-order valence-corrected chi connectivity index (χ2v) is 7.91. The van der Waals surface area contributed by atoms with Crippen molar-refractivity contribution in [2.45, 2.75) is 12.8 Å². The summed E-state index contributed by atoms with van der Waals surface area (Å²) in [6.45, 7) is 2.76. The molecule has 0 aliphatic carbocycles. The number of thiazole rings is 1. The van der Waals surface area contributed by atoms with E-state index in [0.717, 1.165) is 20.9 Å². The quantitative estimate of drug-likeness (QED) is 0.405. The minimum atomic E-state index is 0.123. The molecule has 0 fully saturated rings. The highest BCUT2D eigenvalue weighted by Gasteiger charge is 2.10. The molecule has 0 aliphatic heterocycles. The van der Waals surface area contributed by atoms with Crippen LogP contribution in [-0.4, -0.2) is 26.5 Å². The van der Waals surface area contributed by atoms with E-state index in [0.29, 0.717) is 18.4 Å². The van der Waals surface area contributed by atoms with Crippen LogP contribution >= 0.6 is 34.5 Å². The molecule has 4 aromatic rings. The van der Waals surface area contributed by atoms with Crippen LogP contribution in [0.2, 0.25) is 10.3 Å². The zero-order valence-corrected chi connectivity index (χ0v) is 17.2. The molecule has 0 aliphatic rings. The van der Waals surface area contributed by atoms with E-state index < -0.39 is 0 Å². The first kappa shape index (κ1) is 18.9. The smallest absolute Gasteiger partial charge is 0.233 e. The Morgan fingerprint density at radius 1 is 1.00 bits per heavy atom. The molecule has 2 heterocycles. The van der Waals surface area contributed by atoms with Gasteiger partial charge in [0.2, 0.25) is 17.2 Å². The molecule has 0 saturated heterocycles. The standard InChI is InChI=1S/C19H16Cl2N6S/c1-11(12-2-4-13(20)5-3-12)9-22-18-25-17(21)26-19(27-18)24-14-6-7-15-16(8-14)28-10-23-15/h2-8,10-11H,9H2,1H3,(H2,22,24,25,26,27). The zero-order valence-electron chi connectivity index (χ0n) is 14.9. The van der Waals surface area contributed by atoms with Gasteiger partial charge in [-0.15, -0.1) is 11.3 Å². The lowest BCUT2D eigenvalue weighted by Crippen LogP contribution is -2.13. The zero-order chi connectivity index (χ0) is 19.5. The van der Waals surface area contributed by atoms with Crippen LogP contribution in [0.25, 0.3) is 10.2 Å². The number of halogens is 2. The maximum Gasteiger partial charge on any atom is 0.233 e. The van der Waals surface area contributed by atoms with Gasteiger partial charge in [0, 0.05) is 17.3 Å². The maximum atomic E-state index is 6.08. The summed E-state index contributed by atoms with van der Waals surface area (Å²) in [5, 5.41) is 7.24. The Morgan fingerprint density at radius 2 is 1.79 bits per heavy atom. The molecule has 0 spiro atoms. The van der Waals surface area contributed by atoms with Crippen molar-refractivity contribution in [2.24, 2.45) is 0 Å². The summed E-state index contributed by atoms with van der Waals surface area (Å²) >= 11 is 13.6. The molecule has 1 unspecified atom stereocenters. The maximum absolute atomic E-state index is 6.08. The summed E-state index contributed by atoms with van der Waals surface area (Å²) < 4.78 is 1.08. The van der Waals surface area contributed by atoms with Crippen LogP contribution in [0.4, 0.5) is 17.6 Å². The normalized spacial score (nSPS) is 12.1. The van der Waals surface area contributed by atoms with Crippen LogP contribution in [0.5, 0.6) is 0 Å². The molecular formula is C19H16Cl2N6S. The molecule has 6 nitrogen and oxygen atoms in total. The van der Waals surface area contributed by atoms with Crippen molar-refractivity contribution in [3.63, 3.8) is 0 Å². The fourth-order valence-electron chi connectivity index (χ4n) is 2.70. The lowest BCUT2D eigenvalue weighted by atomic mass is 10.0. The van der Waals surface area contributed by atoms with Crippen LogP contribution in [0.1, 0.15) is 18.4 Å². The number of hydrogen-bond donors (Lipinski definition) is 2. The van der Waals surface area contributed by atoms with E-state index in [1.807, 2.05) is 48.0 Å². The molecule has 0 amide bonds. The number of fused-ring (bicyclic) bond motifs is 1. The number of anilines is 3. The van der Waals surface area contributed by atoms with E-state index in [1.165, 1.54) is 5.56 Å². The molecule has 2 N–H and O–H groups in total. The lowest BCUT2D eigenvalue weighted by molar-refractivity contribution is 0.795. The number of hydrogen-bond acceptors (Lipinski definition) is 7. The Hall–Kier alpha value is -2.48. The predicted molar refractivity (Wildman–Crippen MR) is 116 cm³/mol. The Morgan fingerprint density at radius 3 is 2.61 bits per heavy atom. The van der Waals surface area contributed by atoms with Gasteiger partial charge in [-0.3, -0.25) is 0 Å². The number of nitrogens with zero attached hydrogens (tertiary/aromatic N) is 4. The monoisotopic (exact) mass is 430 g/mol. The molecule has 0 radical (unpaired) electrons. The summed E-state index contributed by atoms with van der Waals surface area (Å²) in [5.41, 5.74) is 4.81. The van der Waals surface area contributed by atoms with Crippen LogP contribution in [0.15, 0.2) is 48.0 Å². The van der Waals surface area contributed by atoms with Crippen molar-refractivity contribution in [3.8, 4) is 0 Å². The minimum absolute atomic E-state index is 0.123. The Kier molecular flexibility index (Phi) is 5.57. The molecule has 0 saturated carbocycles. The minimum Gasteiger partial charge on any atom is -0.353 e. The molecule has 0 bridgehead atoms. The highest BCUT2D eigenvalue weighted by molar-refractivity contribution is 7.16. The van der Waals surface area contributed by atoms with Crippen LogP contribution in [0, 0.1) is 0 Å². The van der Waals surface area contributed by atoms with Crippen molar-refractivity contribution < 1.29 is 0 Å².